The van der Waals surface area contributed by atoms with Crippen LogP contribution in [0.3, 0.4) is 0 Å². The Morgan fingerprint density at radius 3 is 0.703 bits per heavy atom. The van der Waals surface area contributed by atoms with E-state index in [4.69, 9.17) is 57.3 Å². The molecule has 0 saturated heterocycles. The topological polar surface area (TPSA) is 260 Å². The normalized spacial score (nSPS) is 12.0. The fraction of sp³-hybridized carbons (Fsp3) is 0.302. The Morgan fingerprint density at radius 2 is 0.423 bits per heavy atom. The van der Waals surface area contributed by atoms with Crippen molar-refractivity contribution in [2.45, 2.75) is 171 Å². The SMILES string of the molecule is Cc1c(N)ccc(C(c2ccc(N)c(C)c2C)C(F)(F)F)c1C.Cc1cc(C(c2cc(C)c(N)c(C)c2)C(F)(F)F)cc(C)c1N.Cc1cc(C(c2cc(C)c(N)cc2C)C(F)(F)F)c(C)cc1N.Cc1cc(C(c2ccc(N)c(C)c2)C(F)(F)F)ccc1N.Cc1cc(N)ccc1C(c1ccc(N)cc1C)C(F)(F)F. The van der Waals surface area contributed by atoms with Crippen LogP contribution in [0.4, 0.5) is 123 Å². The summed E-state index contributed by atoms with van der Waals surface area (Å²) in [6, 6.07) is 36.2. The number of aryl methyl sites for hydroxylation is 12. The zero-order valence-electron chi connectivity index (χ0n) is 64.7. The zero-order valence-corrected chi connectivity index (χ0v) is 64.7. The summed E-state index contributed by atoms with van der Waals surface area (Å²) in [6.07, 6.45) is -22.0. The molecule has 0 fully saturated rings. The van der Waals surface area contributed by atoms with E-state index in [1.807, 2.05) is 0 Å². The predicted molar refractivity (Wildman–Crippen MR) is 424 cm³/mol. The maximum atomic E-state index is 13.9. The predicted octanol–water partition coefficient (Wildman–Crippen LogP) is 22.7. The molecule has 0 unspecified atom stereocenters. The molecular formula is C86H97F15N10. The summed E-state index contributed by atoms with van der Waals surface area (Å²) < 4.78 is 206. The molecule has 0 radical (unpaired) electrons. The van der Waals surface area contributed by atoms with E-state index in [1.165, 1.54) is 121 Å². The molecule has 596 valence electrons. The van der Waals surface area contributed by atoms with Gasteiger partial charge in [0.05, 0.1) is 0 Å². The largest absolute Gasteiger partial charge is 0.399 e. The van der Waals surface area contributed by atoms with Crippen LogP contribution in [0.5, 0.6) is 0 Å². The van der Waals surface area contributed by atoms with Crippen LogP contribution in [0.15, 0.2) is 146 Å². The lowest BCUT2D eigenvalue weighted by Gasteiger charge is -2.26. The molecule has 10 aromatic rings. The maximum absolute atomic E-state index is 13.9. The minimum atomic E-state index is -4.40. The van der Waals surface area contributed by atoms with Gasteiger partial charge in [-0.15, -0.1) is 0 Å². The lowest BCUT2D eigenvalue weighted by atomic mass is 9.83. The van der Waals surface area contributed by atoms with Crippen molar-refractivity contribution in [1.29, 1.82) is 0 Å². The Morgan fingerprint density at radius 1 is 0.189 bits per heavy atom. The van der Waals surface area contributed by atoms with Crippen LogP contribution in [0, 0.1) is 111 Å². The van der Waals surface area contributed by atoms with E-state index >= 15 is 0 Å². The van der Waals surface area contributed by atoms with E-state index in [9.17, 15) is 65.9 Å². The smallest absolute Gasteiger partial charge is 0.399 e. The molecule has 0 heterocycles. The van der Waals surface area contributed by atoms with Crippen molar-refractivity contribution in [2.24, 2.45) is 0 Å². The van der Waals surface area contributed by atoms with E-state index in [1.54, 1.807) is 135 Å². The highest BCUT2D eigenvalue weighted by Crippen LogP contribution is 2.49. The average Bonchev–Trinajstić information content (AvgIpc) is 0.767. The highest BCUT2D eigenvalue weighted by molar-refractivity contribution is 5.63. The van der Waals surface area contributed by atoms with Crippen molar-refractivity contribution < 1.29 is 65.9 Å². The summed E-state index contributed by atoms with van der Waals surface area (Å²) in [5.41, 5.74) is 74.4. The first-order valence-electron chi connectivity index (χ1n) is 34.9. The van der Waals surface area contributed by atoms with Gasteiger partial charge in [0.1, 0.15) is 29.6 Å². The van der Waals surface area contributed by atoms with Crippen molar-refractivity contribution in [3.05, 3.63) is 290 Å². The van der Waals surface area contributed by atoms with E-state index in [0.717, 1.165) is 0 Å². The third-order valence-corrected chi connectivity index (χ3v) is 20.3. The lowest BCUT2D eigenvalue weighted by molar-refractivity contribution is -0.142. The van der Waals surface area contributed by atoms with E-state index in [0.29, 0.717) is 146 Å². The minimum Gasteiger partial charge on any atom is -0.399 e. The second-order valence-corrected chi connectivity index (χ2v) is 28.6. The van der Waals surface area contributed by atoms with Crippen molar-refractivity contribution in [3.63, 3.8) is 0 Å². The standard InChI is InChI=1S/3C18H21F3N2.2C16H17F3N2/c1-9-7-15(22)11(3)5-13(9)17(18(19,20)21)14-6-12(4)16(23)8-10(14)2;1-9-5-13(6-10(2)16(9)22)15(18(19,20)21)14-7-11(3)17(23)12(4)8-14;1-9-11(3)15(22)7-5-13(9)17(18(19,20)21)14-6-8-16(23)12(4)10(14)2;1-9-7-11(20)3-5-13(9)15(16(17,18)19)14-6-4-12(21)8-10(14)2;1-9-7-11(3-5-13(9)20)15(16(17,18)19)12-4-6-14(21)10(2)8-12/h5-8,17H,22-23H2,1-4H3;5-8,15H,22-23H2,1-4H3;5-8,17H,22-23H2,1-4H3;2*3-8,15H,20-21H2,1-2H3. The first kappa shape index (κ1) is 89.0. The number of rotatable bonds is 10. The molecule has 0 aliphatic heterocycles. The van der Waals surface area contributed by atoms with Crippen LogP contribution in [-0.4, -0.2) is 30.9 Å². The Bertz CT molecular complexity index is 4670. The number of anilines is 10. The molecule has 0 amide bonds. The summed E-state index contributed by atoms with van der Waals surface area (Å²) in [4.78, 5) is 0. The Hall–Kier alpha value is -10.9. The molecule has 25 heteroatoms. The van der Waals surface area contributed by atoms with Gasteiger partial charge >= 0.3 is 30.9 Å². The first-order chi connectivity index (χ1) is 51.0. The maximum Gasteiger partial charge on any atom is 0.399 e. The third kappa shape index (κ3) is 21.4. The lowest BCUT2D eigenvalue weighted by Crippen LogP contribution is -2.24. The fourth-order valence-corrected chi connectivity index (χ4v) is 13.5. The fourth-order valence-electron chi connectivity index (χ4n) is 13.5. The molecule has 111 heavy (non-hydrogen) atoms. The second kappa shape index (κ2) is 34.6. The highest BCUT2D eigenvalue weighted by atomic mass is 19.4. The molecule has 0 aliphatic rings. The summed E-state index contributed by atoms with van der Waals surface area (Å²) in [5, 5.41) is 0. The second-order valence-electron chi connectivity index (χ2n) is 28.6. The molecule has 20 N–H and O–H groups in total. The van der Waals surface area contributed by atoms with Crippen LogP contribution >= 0.6 is 0 Å². The number of benzene rings is 10. The first-order valence-corrected chi connectivity index (χ1v) is 34.9. The Kier molecular flexibility index (Phi) is 27.8. The minimum absolute atomic E-state index is 0.179. The summed E-state index contributed by atoms with van der Waals surface area (Å²) in [6.45, 7) is 27.1. The molecule has 10 aromatic carbocycles. The van der Waals surface area contributed by atoms with Gasteiger partial charge in [-0.2, -0.15) is 65.9 Å². The molecular weight excluding hydrogens is 1460 g/mol. The van der Waals surface area contributed by atoms with Crippen molar-refractivity contribution in [1.82, 2.24) is 0 Å². The average molecular weight is 1560 g/mol. The Balaban J connectivity index is 0.000000217. The third-order valence-electron chi connectivity index (χ3n) is 20.3. The number of hydrogen-bond acceptors (Lipinski definition) is 10. The molecule has 10 nitrogen and oxygen atoms in total. The summed E-state index contributed by atoms with van der Waals surface area (Å²) in [7, 11) is 0. The van der Waals surface area contributed by atoms with Crippen molar-refractivity contribution >= 4 is 56.9 Å². The number of halogens is 15. The van der Waals surface area contributed by atoms with Gasteiger partial charge in [-0.25, -0.2) is 0 Å². The zero-order chi connectivity index (χ0) is 84.1. The van der Waals surface area contributed by atoms with Gasteiger partial charge < -0.3 is 57.3 Å². The van der Waals surface area contributed by atoms with Gasteiger partial charge in [0.15, 0.2) is 0 Å². The van der Waals surface area contributed by atoms with E-state index in [2.05, 4.69) is 0 Å². The van der Waals surface area contributed by atoms with Crippen LogP contribution < -0.4 is 57.3 Å². The summed E-state index contributed by atoms with van der Waals surface area (Å²) >= 11 is 0. The molecule has 0 aromatic heterocycles. The molecule has 0 spiro atoms. The van der Waals surface area contributed by atoms with Gasteiger partial charge in [0.2, 0.25) is 0 Å². The number of alkyl halides is 15. The monoisotopic (exact) mass is 1550 g/mol. The van der Waals surface area contributed by atoms with Crippen molar-refractivity contribution in [2.75, 3.05) is 57.3 Å². The van der Waals surface area contributed by atoms with Gasteiger partial charge in [0.25, 0.3) is 0 Å². The number of hydrogen-bond donors (Lipinski definition) is 10. The van der Waals surface area contributed by atoms with Gasteiger partial charge in [-0.3, -0.25) is 0 Å². The van der Waals surface area contributed by atoms with E-state index < -0.39 is 60.5 Å². The molecule has 0 aliphatic carbocycles. The van der Waals surface area contributed by atoms with Crippen LogP contribution in [0.1, 0.15) is 174 Å². The van der Waals surface area contributed by atoms with Crippen molar-refractivity contribution in [3.8, 4) is 0 Å². The molecule has 0 bridgehead atoms. The van der Waals surface area contributed by atoms with E-state index in [-0.39, 0.29) is 55.6 Å². The van der Waals surface area contributed by atoms with Crippen LogP contribution in [0.25, 0.3) is 0 Å². The van der Waals surface area contributed by atoms with Gasteiger partial charge in [-0.1, -0.05) is 84.9 Å². The molecule has 0 atom stereocenters. The molecule has 10 rings (SSSR count). The van der Waals surface area contributed by atoms with Crippen LogP contribution in [-0.2, 0) is 0 Å². The number of nitrogen functional groups attached to an aromatic ring is 10. The van der Waals surface area contributed by atoms with Gasteiger partial charge in [0, 0.05) is 56.9 Å². The highest BCUT2D eigenvalue weighted by Gasteiger charge is 2.47. The van der Waals surface area contributed by atoms with Crippen LogP contribution in [0.2, 0.25) is 0 Å². The van der Waals surface area contributed by atoms with Gasteiger partial charge in [-0.05, 0) is 316 Å². The molecule has 0 saturated carbocycles. The number of nitrogens with two attached hydrogens (primary N) is 10. The quantitative estimate of drug-likeness (QED) is 0.0457. The Labute approximate surface area is 638 Å². The summed E-state index contributed by atoms with van der Waals surface area (Å²) in [5.74, 6) is -8.45.